The molecule has 0 amide bonds. The Kier molecular flexibility index (Phi) is 4.42. The van der Waals surface area contributed by atoms with Crippen molar-refractivity contribution in [1.29, 1.82) is 0 Å². The molecule has 3 aromatic rings. The van der Waals surface area contributed by atoms with E-state index < -0.39 is 0 Å². The molecule has 0 radical (unpaired) electrons. The van der Waals surface area contributed by atoms with E-state index in [1.807, 2.05) is 24.4 Å². The Bertz CT molecular complexity index is 815. The van der Waals surface area contributed by atoms with Crippen LogP contribution >= 0.6 is 0 Å². The van der Waals surface area contributed by atoms with Crippen molar-refractivity contribution in [2.24, 2.45) is 0 Å². The highest BCUT2D eigenvalue weighted by molar-refractivity contribution is 5.74. The molecule has 124 valence electrons. The molecular weight excluding hydrogens is 309 g/mol. The van der Waals surface area contributed by atoms with E-state index in [2.05, 4.69) is 4.98 Å². The van der Waals surface area contributed by atoms with Crippen molar-refractivity contribution in [2.45, 2.75) is 0 Å². The molecule has 0 aliphatic carbocycles. The Morgan fingerprint density at radius 1 is 0.750 bits per heavy atom. The lowest BCUT2D eigenvalue weighted by Gasteiger charge is -2.13. The maximum absolute atomic E-state index is 13.1. The van der Waals surface area contributed by atoms with E-state index in [4.69, 9.17) is 14.2 Å². The predicted molar refractivity (Wildman–Crippen MR) is 91.3 cm³/mol. The van der Waals surface area contributed by atoms with Gasteiger partial charge < -0.3 is 19.2 Å². The van der Waals surface area contributed by atoms with Gasteiger partial charge in [-0.05, 0) is 41.5 Å². The zero-order valence-electron chi connectivity index (χ0n) is 13.7. The minimum atomic E-state index is -0.251. The lowest BCUT2D eigenvalue weighted by molar-refractivity contribution is 0.324. The van der Waals surface area contributed by atoms with Gasteiger partial charge in [-0.25, -0.2) is 4.39 Å². The highest BCUT2D eigenvalue weighted by atomic mass is 19.1. The fourth-order valence-corrected chi connectivity index (χ4v) is 2.61. The summed E-state index contributed by atoms with van der Waals surface area (Å²) >= 11 is 0. The molecule has 2 aromatic carbocycles. The predicted octanol–water partition coefficient (Wildman–Crippen LogP) is 4.51. The van der Waals surface area contributed by atoms with Crippen molar-refractivity contribution in [2.75, 3.05) is 21.3 Å². The van der Waals surface area contributed by atoms with E-state index in [-0.39, 0.29) is 5.82 Å². The molecule has 0 atom stereocenters. The molecule has 0 fully saturated rings. The van der Waals surface area contributed by atoms with Gasteiger partial charge in [0.15, 0.2) is 11.5 Å². The molecule has 0 spiro atoms. The third kappa shape index (κ3) is 2.93. The van der Waals surface area contributed by atoms with Crippen LogP contribution < -0.4 is 14.2 Å². The van der Waals surface area contributed by atoms with Crippen LogP contribution in [-0.4, -0.2) is 26.3 Å². The van der Waals surface area contributed by atoms with Crippen LogP contribution in [0.3, 0.4) is 0 Å². The van der Waals surface area contributed by atoms with Crippen LogP contribution in [0.5, 0.6) is 17.2 Å². The number of rotatable bonds is 5. The van der Waals surface area contributed by atoms with Gasteiger partial charge in [0, 0.05) is 17.5 Å². The minimum absolute atomic E-state index is 0.251. The quantitative estimate of drug-likeness (QED) is 0.749. The standard InChI is InChI=1S/C19H18FNO3/c1-22-17-9-13(10-18(23-2)19(17)24-3)16-8-14(11-21-16)12-4-6-15(20)7-5-12/h4-11,21H,1-3H3. The number of benzene rings is 2. The fourth-order valence-electron chi connectivity index (χ4n) is 2.61. The van der Waals surface area contributed by atoms with Crippen LogP contribution in [0.25, 0.3) is 22.4 Å². The van der Waals surface area contributed by atoms with E-state index in [9.17, 15) is 4.39 Å². The first-order valence-electron chi connectivity index (χ1n) is 7.41. The molecule has 5 heteroatoms. The summed E-state index contributed by atoms with van der Waals surface area (Å²) in [7, 11) is 4.74. The number of aromatic amines is 1. The summed E-state index contributed by atoms with van der Waals surface area (Å²) in [5, 5.41) is 0. The number of halogens is 1. The van der Waals surface area contributed by atoms with Crippen molar-refractivity contribution in [3.8, 4) is 39.6 Å². The molecule has 0 aliphatic heterocycles. The molecular formula is C19H18FNO3. The second kappa shape index (κ2) is 6.66. The van der Waals surface area contributed by atoms with Gasteiger partial charge in [0.2, 0.25) is 5.75 Å². The van der Waals surface area contributed by atoms with Crippen LogP contribution in [0, 0.1) is 5.82 Å². The number of methoxy groups -OCH3 is 3. The van der Waals surface area contributed by atoms with Crippen molar-refractivity contribution in [3.05, 3.63) is 54.5 Å². The number of aromatic nitrogens is 1. The average Bonchev–Trinajstić information content (AvgIpc) is 3.11. The third-order valence-corrected chi connectivity index (χ3v) is 3.84. The van der Waals surface area contributed by atoms with Gasteiger partial charge in [-0.15, -0.1) is 0 Å². The molecule has 0 saturated carbocycles. The normalized spacial score (nSPS) is 10.5. The molecule has 4 nitrogen and oxygen atoms in total. The maximum Gasteiger partial charge on any atom is 0.203 e. The van der Waals surface area contributed by atoms with Gasteiger partial charge >= 0.3 is 0 Å². The van der Waals surface area contributed by atoms with Crippen molar-refractivity contribution in [1.82, 2.24) is 4.98 Å². The summed E-state index contributed by atoms with van der Waals surface area (Å²) in [5.41, 5.74) is 3.71. The SMILES string of the molecule is COc1cc(-c2cc(-c3ccc(F)cc3)c[nH]2)cc(OC)c1OC. The van der Waals surface area contributed by atoms with Crippen molar-refractivity contribution < 1.29 is 18.6 Å². The summed E-state index contributed by atoms with van der Waals surface area (Å²) in [6, 6.07) is 12.1. The van der Waals surface area contributed by atoms with Gasteiger partial charge in [-0.2, -0.15) is 0 Å². The number of hydrogen-bond donors (Lipinski definition) is 1. The van der Waals surface area contributed by atoms with Crippen LogP contribution in [-0.2, 0) is 0 Å². The molecule has 24 heavy (non-hydrogen) atoms. The van der Waals surface area contributed by atoms with E-state index in [0.717, 1.165) is 22.4 Å². The largest absolute Gasteiger partial charge is 0.493 e. The Morgan fingerprint density at radius 2 is 1.38 bits per heavy atom. The Hall–Kier alpha value is -2.95. The molecule has 0 bridgehead atoms. The summed E-state index contributed by atoms with van der Waals surface area (Å²) in [4.78, 5) is 3.23. The number of H-pyrrole nitrogens is 1. The first-order chi connectivity index (χ1) is 11.7. The van der Waals surface area contributed by atoms with Crippen molar-refractivity contribution in [3.63, 3.8) is 0 Å². The summed E-state index contributed by atoms with van der Waals surface area (Å²) in [5.74, 6) is 1.47. The molecule has 1 N–H and O–H groups in total. The summed E-state index contributed by atoms with van der Waals surface area (Å²) in [6.45, 7) is 0. The third-order valence-electron chi connectivity index (χ3n) is 3.84. The first kappa shape index (κ1) is 15.9. The van der Waals surface area contributed by atoms with Crippen LogP contribution in [0.2, 0.25) is 0 Å². The second-order valence-corrected chi connectivity index (χ2v) is 5.22. The van der Waals surface area contributed by atoms with Crippen LogP contribution in [0.1, 0.15) is 0 Å². The Morgan fingerprint density at radius 3 is 1.92 bits per heavy atom. The number of nitrogens with one attached hydrogen (secondary N) is 1. The lowest BCUT2D eigenvalue weighted by atomic mass is 10.1. The maximum atomic E-state index is 13.1. The molecule has 0 unspecified atom stereocenters. The number of ether oxygens (including phenoxy) is 3. The minimum Gasteiger partial charge on any atom is -0.493 e. The smallest absolute Gasteiger partial charge is 0.203 e. The molecule has 1 aromatic heterocycles. The van der Waals surface area contributed by atoms with Gasteiger partial charge in [0.25, 0.3) is 0 Å². The summed E-state index contributed by atoms with van der Waals surface area (Å²) < 4.78 is 29.2. The first-order valence-corrected chi connectivity index (χ1v) is 7.41. The molecule has 3 rings (SSSR count). The Balaban J connectivity index is 2.02. The lowest BCUT2D eigenvalue weighted by Crippen LogP contribution is -1.95. The Labute approximate surface area is 139 Å². The van der Waals surface area contributed by atoms with E-state index >= 15 is 0 Å². The van der Waals surface area contributed by atoms with E-state index in [0.29, 0.717) is 17.2 Å². The van der Waals surface area contributed by atoms with Gasteiger partial charge in [0.1, 0.15) is 5.82 Å². The molecule has 0 aliphatic rings. The van der Waals surface area contributed by atoms with E-state index in [1.54, 1.807) is 33.5 Å². The zero-order chi connectivity index (χ0) is 17.1. The van der Waals surface area contributed by atoms with Gasteiger partial charge in [0.05, 0.1) is 21.3 Å². The highest BCUT2D eigenvalue weighted by Crippen LogP contribution is 2.41. The monoisotopic (exact) mass is 327 g/mol. The number of hydrogen-bond acceptors (Lipinski definition) is 3. The second-order valence-electron chi connectivity index (χ2n) is 5.22. The average molecular weight is 327 g/mol. The van der Waals surface area contributed by atoms with Gasteiger partial charge in [-0.3, -0.25) is 0 Å². The van der Waals surface area contributed by atoms with Crippen LogP contribution in [0.4, 0.5) is 4.39 Å². The van der Waals surface area contributed by atoms with Crippen LogP contribution in [0.15, 0.2) is 48.7 Å². The summed E-state index contributed by atoms with van der Waals surface area (Å²) in [6.07, 6.45) is 1.88. The fraction of sp³-hybridized carbons (Fsp3) is 0.158. The van der Waals surface area contributed by atoms with Crippen molar-refractivity contribution >= 4 is 0 Å². The topological polar surface area (TPSA) is 43.5 Å². The molecule has 0 saturated heterocycles. The zero-order valence-corrected chi connectivity index (χ0v) is 13.7. The van der Waals surface area contributed by atoms with Gasteiger partial charge in [-0.1, -0.05) is 12.1 Å². The van der Waals surface area contributed by atoms with E-state index in [1.165, 1.54) is 12.1 Å². The highest BCUT2D eigenvalue weighted by Gasteiger charge is 2.15. The molecule has 1 heterocycles.